The summed E-state index contributed by atoms with van der Waals surface area (Å²) in [7, 11) is 0. The van der Waals surface area contributed by atoms with E-state index in [9.17, 15) is 8.78 Å². The zero-order valence-electron chi connectivity index (χ0n) is 10.3. The largest absolute Gasteiger partial charge is 0.309 e. The first-order chi connectivity index (χ1) is 7.97. The molecule has 1 aromatic rings. The topological polar surface area (TPSA) is 12.0 Å². The molecule has 0 bridgehead atoms. The molecule has 1 unspecified atom stereocenters. The fraction of sp³-hybridized carbons (Fsp3) is 0.538. The molecule has 1 aliphatic heterocycles. The summed E-state index contributed by atoms with van der Waals surface area (Å²) >= 11 is 1.66. The van der Waals surface area contributed by atoms with Crippen LogP contribution in [0.2, 0.25) is 0 Å². The van der Waals surface area contributed by atoms with Crippen LogP contribution >= 0.6 is 11.8 Å². The highest BCUT2D eigenvalue weighted by Crippen LogP contribution is 2.46. The quantitative estimate of drug-likeness (QED) is 0.868. The monoisotopic (exact) mass is 257 g/mol. The van der Waals surface area contributed by atoms with Crippen LogP contribution in [0, 0.1) is 11.6 Å². The minimum absolute atomic E-state index is 0.00667. The van der Waals surface area contributed by atoms with Crippen LogP contribution in [0.4, 0.5) is 8.78 Å². The predicted molar refractivity (Wildman–Crippen MR) is 68.1 cm³/mol. The van der Waals surface area contributed by atoms with Gasteiger partial charge in [-0.1, -0.05) is 13.0 Å². The molecule has 4 heteroatoms. The summed E-state index contributed by atoms with van der Waals surface area (Å²) in [5, 5.41) is 3.37. The van der Waals surface area contributed by atoms with E-state index in [0.717, 1.165) is 12.1 Å². The second kappa shape index (κ2) is 4.58. The lowest BCUT2D eigenvalue weighted by atomic mass is 9.90. The number of fused-ring (bicyclic) bond motifs is 1. The van der Waals surface area contributed by atoms with Gasteiger partial charge in [0.1, 0.15) is 0 Å². The first kappa shape index (κ1) is 12.8. The number of halogens is 2. The van der Waals surface area contributed by atoms with Crippen LogP contribution in [0.25, 0.3) is 0 Å². The van der Waals surface area contributed by atoms with Crippen molar-refractivity contribution in [1.29, 1.82) is 0 Å². The van der Waals surface area contributed by atoms with E-state index in [0.29, 0.717) is 11.3 Å². The Bertz CT molecular complexity index is 432. The second-order valence-corrected chi connectivity index (χ2v) is 6.44. The van der Waals surface area contributed by atoms with Gasteiger partial charge in [-0.3, -0.25) is 0 Å². The Labute approximate surface area is 105 Å². The molecule has 1 atom stereocenters. The van der Waals surface area contributed by atoms with E-state index < -0.39 is 11.6 Å². The molecule has 1 aromatic carbocycles. The third kappa shape index (κ3) is 2.20. The predicted octanol–water partition coefficient (Wildman–Crippen LogP) is 3.64. The van der Waals surface area contributed by atoms with Gasteiger partial charge >= 0.3 is 0 Å². The van der Waals surface area contributed by atoms with Gasteiger partial charge in [-0.15, -0.1) is 11.8 Å². The average molecular weight is 257 g/mol. The molecule has 17 heavy (non-hydrogen) atoms. The minimum atomic E-state index is -0.751. The molecule has 0 amide bonds. The Morgan fingerprint density at radius 3 is 2.76 bits per heavy atom. The number of hydrogen-bond acceptors (Lipinski definition) is 2. The molecule has 0 aliphatic carbocycles. The summed E-state index contributed by atoms with van der Waals surface area (Å²) in [4.78, 5) is 0. The van der Waals surface area contributed by atoms with E-state index in [1.807, 2.05) is 6.92 Å². The molecule has 1 N–H and O–H groups in total. The van der Waals surface area contributed by atoms with Crippen molar-refractivity contribution >= 4 is 11.8 Å². The molecular weight excluding hydrogens is 240 g/mol. The molecule has 0 aromatic heterocycles. The van der Waals surface area contributed by atoms with Crippen molar-refractivity contribution in [2.75, 3.05) is 6.54 Å². The van der Waals surface area contributed by atoms with Crippen LogP contribution in [0.1, 0.15) is 37.9 Å². The first-order valence-electron chi connectivity index (χ1n) is 5.81. The fourth-order valence-electron chi connectivity index (χ4n) is 2.30. The molecule has 2 rings (SSSR count). The van der Waals surface area contributed by atoms with Gasteiger partial charge in [0.15, 0.2) is 11.6 Å². The molecule has 0 spiro atoms. The van der Waals surface area contributed by atoms with Crippen molar-refractivity contribution in [3.8, 4) is 0 Å². The van der Waals surface area contributed by atoms with E-state index >= 15 is 0 Å². The van der Waals surface area contributed by atoms with Crippen molar-refractivity contribution in [3.05, 3.63) is 34.9 Å². The van der Waals surface area contributed by atoms with Crippen LogP contribution in [-0.4, -0.2) is 11.3 Å². The third-order valence-corrected chi connectivity index (χ3v) is 4.65. The molecule has 0 radical (unpaired) electrons. The molecule has 94 valence electrons. The SMILES string of the molecule is CCNC1c2ccc(F)c(F)c2CSC1(C)C. The molecule has 0 fully saturated rings. The van der Waals surface area contributed by atoms with Gasteiger partial charge in [0.25, 0.3) is 0 Å². The molecule has 1 nitrogen and oxygen atoms in total. The zero-order valence-corrected chi connectivity index (χ0v) is 11.1. The van der Waals surface area contributed by atoms with Crippen molar-refractivity contribution in [1.82, 2.24) is 5.32 Å². The van der Waals surface area contributed by atoms with Gasteiger partial charge in [0.05, 0.1) is 0 Å². The van der Waals surface area contributed by atoms with E-state index in [2.05, 4.69) is 19.2 Å². The van der Waals surface area contributed by atoms with Crippen LogP contribution < -0.4 is 5.32 Å². The highest BCUT2D eigenvalue weighted by atomic mass is 32.2. The van der Waals surface area contributed by atoms with Crippen molar-refractivity contribution in [2.45, 2.75) is 37.3 Å². The lowest BCUT2D eigenvalue weighted by Gasteiger charge is -2.40. The molecule has 0 saturated heterocycles. The van der Waals surface area contributed by atoms with Crippen LogP contribution in [-0.2, 0) is 5.75 Å². The molecule has 0 saturated carbocycles. The fourth-order valence-corrected chi connectivity index (χ4v) is 3.49. The van der Waals surface area contributed by atoms with Crippen molar-refractivity contribution < 1.29 is 8.78 Å². The average Bonchev–Trinajstić information content (AvgIpc) is 2.27. The Balaban J connectivity index is 2.50. The lowest BCUT2D eigenvalue weighted by Crippen LogP contribution is -2.40. The highest BCUT2D eigenvalue weighted by molar-refractivity contribution is 8.00. The number of rotatable bonds is 2. The number of nitrogens with one attached hydrogen (secondary N) is 1. The zero-order chi connectivity index (χ0) is 12.6. The van der Waals surface area contributed by atoms with Crippen LogP contribution in [0.15, 0.2) is 12.1 Å². The van der Waals surface area contributed by atoms with Crippen molar-refractivity contribution in [2.24, 2.45) is 0 Å². The Morgan fingerprint density at radius 2 is 2.12 bits per heavy atom. The van der Waals surface area contributed by atoms with E-state index in [1.54, 1.807) is 17.8 Å². The lowest BCUT2D eigenvalue weighted by molar-refractivity contribution is 0.437. The van der Waals surface area contributed by atoms with Gasteiger partial charge < -0.3 is 5.32 Å². The van der Waals surface area contributed by atoms with Gasteiger partial charge in [-0.05, 0) is 32.0 Å². The standard InChI is InChI=1S/C13H17F2NS/c1-4-16-12-8-5-6-10(14)11(15)9(8)7-17-13(12,2)3/h5-6,12,16H,4,7H2,1-3H3. The van der Waals surface area contributed by atoms with Gasteiger partial charge in [-0.25, -0.2) is 8.78 Å². The van der Waals surface area contributed by atoms with E-state index in [4.69, 9.17) is 0 Å². The number of benzene rings is 1. The van der Waals surface area contributed by atoms with E-state index in [-0.39, 0.29) is 10.8 Å². The normalized spacial score (nSPS) is 22.3. The maximum Gasteiger partial charge on any atom is 0.163 e. The summed E-state index contributed by atoms with van der Waals surface area (Å²) in [6, 6.07) is 3.00. The summed E-state index contributed by atoms with van der Waals surface area (Å²) < 4.78 is 26.9. The van der Waals surface area contributed by atoms with Gasteiger partial charge in [0.2, 0.25) is 0 Å². The summed E-state index contributed by atoms with van der Waals surface area (Å²) in [6.07, 6.45) is 0. The smallest absolute Gasteiger partial charge is 0.163 e. The summed E-state index contributed by atoms with van der Waals surface area (Å²) in [5.74, 6) is -0.902. The first-order valence-corrected chi connectivity index (χ1v) is 6.80. The highest BCUT2D eigenvalue weighted by Gasteiger charge is 2.37. The number of thioether (sulfide) groups is 1. The Morgan fingerprint density at radius 1 is 1.41 bits per heavy atom. The second-order valence-electron chi connectivity index (χ2n) is 4.81. The van der Waals surface area contributed by atoms with Gasteiger partial charge in [0, 0.05) is 22.1 Å². The van der Waals surface area contributed by atoms with E-state index in [1.165, 1.54) is 6.07 Å². The Hall–Kier alpha value is -0.610. The molecular formula is C13H17F2NS. The van der Waals surface area contributed by atoms with Crippen LogP contribution in [0.5, 0.6) is 0 Å². The van der Waals surface area contributed by atoms with Crippen LogP contribution in [0.3, 0.4) is 0 Å². The summed E-state index contributed by atoms with van der Waals surface area (Å²) in [5.41, 5.74) is 1.41. The maximum atomic E-state index is 13.7. The van der Waals surface area contributed by atoms with Crippen molar-refractivity contribution in [3.63, 3.8) is 0 Å². The molecule has 1 aliphatic rings. The summed E-state index contributed by atoms with van der Waals surface area (Å²) in [6.45, 7) is 7.10. The third-order valence-electron chi connectivity index (χ3n) is 3.24. The Kier molecular flexibility index (Phi) is 3.46. The molecule has 1 heterocycles. The minimum Gasteiger partial charge on any atom is -0.309 e. The van der Waals surface area contributed by atoms with Gasteiger partial charge in [-0.2, -0.15) is 0 Å². The maximum absolute atomic E-state index is 13.7. The number of hydrogen-bond donors (Lipinski definition) is 1.